The van der Waals surface area contributed by atoms with Gasteiger partial charge in [0.2, 0.25) is 0 Å². The van der Waals surface area contributed by atoms with Crippen molar-refractivity contribution in [3.63, 3.8) is 0 Å². The van der Waals surface area contributed by atoms with Crippen LogP contribution >= 0.6 is 11.3 Å². The van der Waals surface area contributed by atoms with Crippen molar-refractivity contribution in [1.82, 2.24) is 5.32 Å². The first kappa shape index (κ1) is 10.8. The van der Waals surface area contributed by atoms with E-state index in [0.29, 0.717) is 0 Å². The number of nitrogens with one attached hydrogen (secondary N) is 1. The van der Waals surface area contributed by atoms with Gasteiger partial charge in [-0.25, -0.2) is 0 Å². The average Bonchev–Trinajstić information content (AvgIpc) is 2.83. The smallest absolute Gasteiger partial charge is 0.0965 e. The second kappa shape index (κ2) is 4.47. The summed E-state index contributed by atoms with van der Waals surface area (Å²) in [5, 5.41) is 7.92. The zero-order valence-electron chi connectivity index (χ0n) is 9.58. The highest BCUT2D eigenvalue weighted by Crippen LogP contribution is 2.38. The minimum atomic E-state index is 0.142. The Hall–Kier alpha value is -0.380. The summed E-state index contributed by atoms with van der Waals surface area (Å²) < 4.78 is 6.40. The Kier molecular flexibility index (Phi) is 3.01. The van der Waals surface area contributed by atoms with Gasteiger partial charge in [0.1, 0.15) is 0 Å². The van der Waals surface area contributed by atoms with E-state index in [0.717, 1.165) is 13.1 Å². The van der Waals surface area contributed by atoms with Gasteiger partial charge in [-0.05, 0) is 35.2 Å². The largest absolute Gasteiger partial charge is 0.364 e. The fraction of sp³-hybridized carbons (Fsp3) is 0.692. The van der Waals surface area contributed by atoms with Crippen molar-refractivity contribution >= 4 is 11.3 Å². The molecule has 0 amide bonds. The Bertz CT molecular complexity index is 324. The van der Waals surface area contributed by atoms with Crippen LogP contribution in [0.4, 0.5) is 0 Å². The van der Waals surface area contributed by atoms with E-state index in [-0.39, 0.29) is 11.7 Å². The topological polar surface area (TPSA) is 21.3 Å². The van der Waals surface area contributed by atoms with Crippen molar-refractivity contribution in [1.29, 1.82) is 0 Å². The molecule has 1 unspecified atom stereocenters. The summed E-state index contributed by atoms with van der Waals surface area (Å²) in [6, 6.07) is 2.19. The third kappa shape index (κ3) is 2.04. The van der Waals surface area contributed by atoms with Crippen LogP contribution in [-0.2, 0) is 4.74 Å². The molecule has 3 rings (SSSR count). The molecule has 1 atom stereocenters. The summed E-state index contributed by atoms with van der Waals surface area (Å²) in [6.45, 7) is 2.02. The molecule has 2 aliphatic rings. The molecule has 2 heterocycles. The number of hydrogen-bond acceptors (Lipinski definition) is 3. The summed E-state index contributed by atoms with van der Waals surface area (Å²) >= 11 is 1.76. The van der Waals surface area contributed by atoms with E-state index < -0.39 is 0 Å². The SMILES string of the molecule is c1cc(C2CNCC3(CCCCC3)O2)cs1. The number of rotatable bonds is 1. The summed E-state index contributed by atoms with van der Waals surface area (Å²) in [5.41, 5.74) is 1.49. The van der Waals surface area contributed by atoms with Gasteiger partial charge in [0.05, 0.1) is 11.7 Å². The minimum Gasteiger partial charge on any atom is -0.364 e. The normalized spacial score (nSPS) is 29.4. The first-order valence-corrected chi connectivity index (χ1v) is 7.23. The van der Waals surface area contributed by atoms with Crippen LogP contribution in [0.3, 0.4) is 0 Å². The van der Waals surface area contributed by atoms with Crippen molar-refractivity contribution in [2.75, 3.05) is 13.1 Å². The highest BCUT2D eigenvalue weighted by Gasteiger charge is 2.38. The van der Waals surface area contributed by atoms with E-state index in [1.807, 2.05) is 0 Å². The maximum Gasteiger partial charge on any atom is 0.0965 e. The zero-order chi connectivity index (χ0) is 10.8. The predicted molar refractivity (Wildman–Crippen MR) is 66.8 cm³/mol. The molecule has 1 aromatic heterocycles. The van der Waals surface area contributed by atoms with Crippen LogP contribution in [0.15, 0.2) is 16.8 Å². The molecule has 1 aliphatic heterocycles. The van der Waals surface area contributed by atoms with Crippen LogP contribution < -0.4 is 5.32 Å². The molecule has 3 heteroatoms. The summed E-state index contributed by atoms with van der Waals surface area (Å²) in [7, 11) is 0. The second-order valence-corrected chi connectivity index (χ2v) is 5.82. The second-order valence-electron chi connectivity index (χ2n) is 5.04. The molecule has 1 aromatic rings. The van der Waals surface area contributed by atoms with Crippen LogP contribution in [0.2, 0.25) is 0 Å². The zero-order valence-corrected chi connectivity index (χ0v) is 10.4. The molecule has 1 aliphatic carbocycles. The van der Waals surface area contributed by atoms with Crippen LogP contribution in [0.1, 0.15) is 43.8 Å². The Labute approximate surface area is 101 Å². The molecule has 0 aromatic carbocycles. The van der Waals surface area contributed by atoms with E-state index in [4.69, 9.17) is 4.74 Å². The number of ether oxygens (including phenoxy) is 1. The standard InChI is InChI=1S/C13H19NOS/c1-2-5-13(6-3-1)10-14-8-12(15-13)11-4-7-16-9-11/h4,7,9,12,14H,1-3,5-6,8,10H2. The molecule has 1 saturated heterocycles. The average molecular weight is 237 g/mol. The van der Waals surface area contributed by atoms with Gasteiger partial charge in [-0.3, -0.25) is 0 Å². The van der Waals surface area contributed by atoms with Crippen LogP contribution in [0.25, 0.3) is 0 Å². The molecular formula is C13H19NOS. The monoisotopic (exact) mass is 237 g/mol. The Morgan fingerprint density at radius 2 is 2.19 bits per heavy atom. The van der Waals surface area contributed by atoms with Crippen molar-refractivity contribution in [2.45, 2.75) is 43.8 Å². The van der Waals surface area contributed by atoms with E-state index in [1.54, 1.807) is 11.3 Å². The lowest BCUT2D eigenvalue weighted by Crippen LogP contribution is -2.51. The van der Waals surface area contributed by atoms with Crippen LogP contribution in [0.5, 0.6) is 0 Å². The van der Waals surface area contributed by atoms with Gasteiger partial charge in [-0.15, -0.1) is 0 Å². The summed E-state index contributed by atoms with van der Waals surface area (Å²) in [5.74, 6) is 0. The lowest BCUT2D eigenvalue weighted by Gasteiger charge is -2.44. The van der Waals surface area contributed by atoms with Gasteiger partial charge >= 0.3 is 0 Å². The fourth-order valence-corrected chi connectivity index (χ4v) is 3.65. The molecule has 0 bridgehead atoms. The van der Waals surface area contributed by atoms with Gasteiger partial charge in [0.25, 0.3) is 0 Å². The van der Waals surface area contributed by atoms with Gasteiger partial charge in [-0.1, -0.05) is 19.3 Å². The molecule has 1 spiro atoms. The highest BCUT2D eigenvalue weighted by atomic mass is 32.1. The fourth-order valence-electron chi connectivity index (χ4n) is 2.95. The lowest BCUT2D eigenvalue weighted by atomic mass is 9.83. The third-order valence-corrected chi connectivity index (χ3v) is 4.55. The van der Waals surface area contributed by atoms with Crippen molar-refractivity contribution < 1.29 is 4.74 Å². The van der Waals surface area contributed by atoms with E-state index in [2.05, 4.69) is 22.1 Å². The molecular weight excluding hydrogens is 218 g/mol. The Morgan fingerprint density at radius 1 is 1.31 bits per heavy atom. The van der Waals surface area contributed by atoms with Crippen LogP contribution in [0, 0.1) is 0 Å². The third-order valence-electron chi connectivity index (χ3n) is 3.85. The maximum absolute atomic E-state index is 6.40. The molecule has 0 radical (unpaired) electrons. The van der Waals surface area contributed by atoms with Crippen molar-refractivity contribution in [2.24, 2.45) is 0 Å². The molecule has 2 nitrogen and oxygen atoms in total. The quantitative estimate of drug-likeness (QED) is 0.810. The lowest BCUT2D eigenvalue weighted by molar-refractivity contribution is -0.135. The van der Waals surface area contributed by atoms with Gasteiger partial charge in [0.15, 0.2) is 0 Å². The number of thiophene rings is 1. The summed E-state index contributed by atoms with van der Waals surface area (Å²) in [4.78, 5) is 0. The first-order valence-electron chi connectivity index (χ1n) is 6.29. The molecule has 1 N–H and O–H groups in total. The highest BCUT2D eigenvalue weighted by molar-refractivity contribution is 7.07. The molecule has 16 heavy (non-hydrogen) atoms. The van der Waals surface area contributed by atoms with Gasteiger partial charge in [-0.2, -0.15) is 11.3 Å². The molecule has 1 saturated carbocycles. The Morgan fingerprint density at radius 3 is 2.94 bits per heavy atom. The van der Waals surface area contributed by atoms with Crippen molar-refractivity contribution in [3.05, 3.63) is 22.4 Å². The van der Waals surface area contributed by atoms with Gasteiger partial charge < -0.3 is 10.1 Å². The van der Waals surface area contributed by atoms with Gasteiger partial charge in [0, 0.05) is 13.1 Å². The van der Waals surface area contributed by atoms with Crippen molar-refractivity contribution in [3.8, 4) is 0 Å². The number of morpholine rings is 1. The molecule has 2 fully saturated rings. The maximum atomic E-state index is 6.40. The summed E-state index contributed by atoms with van der Waals surface area (Å²) in [6.07, 6.45) is 6.80. The van der Waals surface area contributed by atoms with E-state index in [1.165, 1.54) is 37.7 Å². The molecule has 88 valence electrons. The van der Waals surface area contributed by atoms with E-state index >= 15 is 0 Å². The minimum absolute atomic E-state index is 0.142. The first-order chi connectivity index (χ1) is 7.88. The van der Waals surface area contributed by atoms with E-state index in [9.17, 15) is 0 Å². The Balaban J connectivity index is 1.74. The van der Waals surface area contributed by atoms with Crippen LogP contribution in [-0.4, -0.2) is 18.7 Å². The number of hydrogen-bond donors (Lipinski definition) is 1. The predicted octanol–water partition coefficient (Wildman–Crippen LogP) is 3.11.